The summed E-state index contributed by atoms with van der Waals surface area (Å²) in [5.74, 6) is 1.81. The van der Waals surface area contributed by atoms with Crippen LogP contribution in [-0.4, -0.2) is 76.3 Å². The number of aryl methyl sites for hydroxylation is 1. The fourth-order valence-corrected chi connectivity index (χ4v) is 6.47. The van der Waals surface area contributed by atoms with Crippen LogP contribution in [-0.2, 0) is 10.0 Å². The number of fused-ring (bicyclic) bond motifs is 2. The molecule has 2 atom stereocenters. The highest BCUT2D eigenvalue weighted by molar-refractivity contribution is 7.89. The molecule has 7 nitrogen and oxygen atoms in total. The van der Waals surface area contributed by atoms with Crippen molar-refractivity contribution in [3.05, 3.63) is 71.8 Å². The molecule has 1 saturated heterocycles. The fraction of sp³-hybridized carbons (Fsp3) is 0.393. The highest BCUT2D eigenvalue weighted by Crippen LogP contribution is 2.40. The van der Waals surface area contributed by atoms with Crippen molar-refractivity contribution >= 4 is 21.8 Å². The first kappa shape index (κ1) is 24.7. The van der Waals surface area contributed by atoms with E-state index in [1.807, 2.05) is 49.5 Å². The molecular formula is C28H33N3O4S. The Balaban J connectivity index is 1.26. The van der Waals surface area contributed by atoms with Gasteiger partial charge in [-0.25, -0.2) is 8.42 Å². The molecule has 3 heterocycles. The van der Waals surface area contributed by atoms with Crippen LogP contribution in [0.25, 0.3) is 5.57 Å². The molecule has 8 heteroatoms. The minimum absolute atomic E-state index is 0.0511. The van der Waals surface area contributed by atoms with Crippen molar-refractivity contribution < 1.29 is 17.9 Å². The van der Waals surface area contributed by atoms with Gasteiger partial charge >= 0.3 is 0 Å². The van der Waals surface area contributed by atoms with Gasteiger partial charge in [0.2, 0.25) is 10.0 Å². The molecule has 2 aromatic carbocycles. The molecule has 2 unspecified atom stereocenters. The smallest absolute Gasteiger partial charge is 0.243 e. The van der Waals surface area contributed by atoms with Crippen LogP contribution in [0.5, 0.6) is 11.5 Å². The molecule has 0 radical (unpaired) electrons. The third-order valence-corrected chi connectivity index (χ3v) is 9.08. The molecule has 2 aromatic rings. The lowest BCUT2D eigenvalue weighted by Crippen LogP contribution is -2.48. The quantitative estimate of drug-likeness (QED) is 0.595. The monoisotopic (exact) mass is 507 g/mol. The Labute approximate surface area is 213 Å². The lowest BCUT2D eigenvalue weighted by Gasteiger charge is -2.34. The van der Waals surface area contributed by atoms with Gasteiger partial charge in [-0.15, -0.1) is 0 Å². The minimum atomic E-state index is -3.45. The summed E-state index contributed by atoms with van der Waals surface area (Å²) < 4.78 is 39.2. The summed E-state index contributed by atoms with van der Waals surface area (Å²) in [4.78, 5) is 7.37. The van der Waals surface area contributed by atoms with E-state index < -0.39 is 10.0 Å². The van der Waals surface area contributed by atoms with E-state index in [1.54, 1.807) is 23.5 Å². The number of allylic oxidation sites excluding steroid dienone is 1. The molecule has 1 fully saturated rings. The molecule has 36 heavy (non-hydrogen) atoms. The van der Waals surface area contributed by atoms with Gasteiger partial charge < -0.3 is 14.4 Å². The number of piperazine rings is 1. The van der Waals surface area contributed by atoms with E-state index in [4.69, 9.17) is 9.47 Å². The molecule has 0 saturated carbocycles. The van der Waals surface area contributed by atoms with Crippen LogP contribution in [0.3, 0.4) is 0 Å². The zero-order chi connectivity index (χ0) is 25.1. The standard InChI is InChI=1S/C28H33N3O4S/c1-21-7-10-23(11-8-21)36(32,33)31-17-15-30(16-18-31)14-4-6-24-25-5-3-13-29-27(25)20-35-28-12-9-22(34-2)19-26(24)28/h3,5-13,19,25,27H,4,14-18,20H2,1-2H3/b24-6+. The van der Waals surface area contributed by atoms with Crippen molar-refractivity contribution in [3.8, 4) is 11.5 Å². The fourth-order valence-electron chi connectivity index (χ4n) is 5.05. The number of benzene rings is 2. The van der Waals surface area contributed by atoms with Crippen LogP contribution in [0.2, 0.25) is 0 Å². The van der Waals surface area contributed by atoms with Gasteiger partial charge in [0.05, 0.1) is 18.0 Å². The van der Waals surface area contributed by atoms with Crippen LogP contribution in [0.15, 0.2) is 70.6 Å². The average Bonchev–Trinajstić information content (AvgIpc) is 3.06. The second-order valence-electron chi connectivity index (χ2n) is 9.46. The molecule has 3 aliphatic heterocycles. The second kappa shape index (κ2) is 10.6. The molecule has 0 bridgehead atoms. The Morgan fingerprint density at radius 3 is 2.64 bits per heavy atom. The summed E-state index contributed by atoms with van der Waals surface area (Å²) >= 11 is 0. The van der Waals surface area contributed by atoms with E-state index in [0.717, 1.165) is 48.7 Å². The Bertz CT molecular complexity index is 1280. The summed E-state index contributed by atoms with van der Waals surface area (Å²) in [6, 6.07) is 13.1. The first-order valence-corrected chi connectivity index (χ1v) is 13.9. The molecular weight excluding hydrogens is 474 g/mol. The maximum atomic E-state index is 13.0. The van der Waals surface area contributed by atoms with Crippen LogP contribution >= 0.6 is 0 Å². The normalized spacial score (nSPS) is 23.6. The van der Waals surface area contributed by atoms with Crippen molar-refractivity contribution in [2.75, 3.05) is 46.4 Å². The number of nitrogens with zero attached hydrogens (tertiary/aromatic N) is 3. The summed E-state index contributed by atoms with van der Waals surface area (Å²) in [7, 11) is -1.77. The predicted molar refractivity (Wildman–Crippen MR) is 142 cm³/mol. The van der Waals surface area contributed by atoms with Crippen molar-refractivity contribution in [1.82, 2.24) is 9.21 Å². The van der Waals surface area contributed by atoms with Crippen molar-refractivity contribution in [1.29, 1.82) is 0 Å². The Morgan fingerprint density at radius 1 is 1.11 bits per heavy atom. The molecule has 5 rings (SSSR count). The van der Waals surface area contributed by atoms with Gasteiger partial charge in [-0.2, -0.15) is 4.31 Å². The topological polar surface area (TPSA) is 71.4 Å². The summed E-state index contributed by atoms with van der Waals surface area (Å²) in [6.45, 7) is 5.81. The van der Waals surface area contributed by atoms with E-state index in [1.165, 1.54) is 5.57 Å². The lowest BCUT2D eigenvalue weighted by molar-refractivity contribution is 0.191. The van der Waals surface area contributed by atoms with E-state index in [-0.39, 0.29) is 12.0 Å². The summed E-state index contributed by atoms with van der Waals surface area (Å²) in [6.07, 6.45) is 9.22. The van der Waals surface area contributed by atoms with Crippen molar-refractivity contribution in [2.24, 2.45) is 10.9 Å². The molecule has 0 amide bonds. The molecule has 0 N–H and O–H groups in total. The number of sulfonamides is 1. The highest BCUT2D eigenvalue weighted by atomic mass is 32.2. The Hall–Kier alpha value is -2.94. The highest BCUT2D eigenvalue weighted by Gasteiger charge is 2.31. The number of methoxy groups -OCH3 is 1. The molecule has 190 valence electrons. The third kappa shape index (κ3) is 5.12. The van der Waals surface area contributed by atoms with Crippen LogP contribution < -0.4 is 9.47 Å². The second-order valence-corrected chi connectivity index (χ2v) is 11.4. The SMILES string of the molecule is COc1ccc2c(c1)/C(=C/CCN1CCN(S(=O)(=O)c3ccc(C)cc3)CC1)C1C=CC=NC1CO2. The number of dihydropyridines is 1. The average molecular weight is 508 g/mol. The zero-order valence-corrected chi connectivity index (χ0v) is 21.7. The van der Waals surface area contributed by atoms with Gasteiger partial charge in [0.1, 0.15) is 18.1 Å². The van der Waals surface area contributed by atoms with Gasteiger partial charge in [-0.3, -0.25) is 4.99 Å². The van der Waals surface area contributed by atoms with Crippen molar-refractivity contribution in [2.45, 2.75) is 24.3 Å². The largest absolute Gasteiger partial charge is 0.497 e. The van der Waals surface area contributed by atoms with Crippen LogP contribution in [0.4, 0.5) is 0 Å². The number of aliphatic imine (C=N–C) groups is 1. The number of rotatable bonds is 6. The Kier molecular flexibility index (Phi) is 7.27. The predicted octanol–water partition coefficient (Wildman–Crippen LogP) is 3.80. The minimum Gasteiger partial charge on any atom is -0.497 e. The van der Waals surface area contributed by atoms with E-state index in [2.05, 4.69) is 22.0 Å². The molecule has 0 aromatic heterocycles. The summed E-state index contributed by atoms with van der Waals surface area (Å²) in [5, 5.41) is 0. The molecule has 0 spiro atoms. The first-order chi connectivity index (χ1) is 17.5. The van der Waals surface area contributed by atoms with Gasteiger partial charge in [0.15, 0.2) is 0 Å². The van der Waals surface area contributed by atoms with Gasteiger partial charge in [-0.1, -0.05) is 29.8 Å². The van der Waals surface area contributed by atoms with E-state index >= 15 is 0 Å². The van der Waals surface area contributed by atoms with Gasteiger partial charge in [0, 0.05) is 50.4 Å². The lowest BCUT2D eigenvalue weighted by atomic mass is 9.85. The number of hydrogen-bond donors (Lipinski definition) is 0. The Morgan fingerprint density at radius 2 is 1.89 bits per heavy atom. The van der Waals surface area contributed by atoms with E-state index in [9.17, 15) is 8.42 Å². The number of ether oxygens (including phenoxy) is 2. The molecule has 3 aliphatic rings. The van der Waals surface area contributed by atoms with Crippen molar-refractivity contribution in [3.63, 3.8) is 0 Å². The van der Waals surface area contributed by atoms with Gasteiger partial charge in [-0.05, 0) is 55.3 Å². The first-order valence-electron chi connectivity index (χ1n) is 12.5. The maximum absolute atomic E-state index is 13.0. The van der Waals surface area contributed by atoms with Crippen LogP contribution in [0.1, 0.15) is 17.5 Å². The number of hydrogen-bond acceptors (Lipinski definition) is 6. The van der Waals surface area contributed by atoms with E-state index in [0.29, 0.717) is 24.6 Å². The third-order valence-electron chi connectivity index (χ3n) is 7.16. The molecule has 0 aliphatic carbocycles. The summed E-state index contributed by atoms with van der Waals surface area (Å²) in [5.41, 5.74) is 3.31. The maximum Gasteiger partial charge on any atom is 0.243 e. The van der Waals surface area contributed by atoms with Crippen LogP contribution in [0, 0.1) is 12.8 Å². The zero-order valence-electron chi connectivity index (χ0n) is 20.8. The van der Waals surface area contributed by atoms with Gasteiger partial charge in [0.25, 0.3) is 0 Å².